The molecule has 0 aliphatic heterocycles. The van der Waals surface area contributed by atoms with E-state index in [2.05, 4.69) is 15.0 Å². The van der Waals surface area contributed by atoms with Gasteiger partial charge in [0.05, 0.1) is 23.5 Å². The third-order valence-corrected chi connectivity index (χ3v) is 7.95. The normalized spacial score (nSPS) is 14.1. The fraction of sp³-hybridized carbons (Fsp3) is 0.393. The molecule has 2 N–H and O–H groups in total. The fourth-order valence-corrected chi connectivity index (χ4v) is 5.72. The highest BCUT2D eigenvalue weighted by Crippen LogP contribution is 2.33. The van der Waals surface area contributed by atoms with Gasteiger partial charge >= 0.3 is 0 Å². The zero-order valence-electron chi connectivity index (χ0n) is 20.8. The molecule has 4 aromatic rings. The van der Waals surface area contributed by atoms with Crippen molar-refractivity contribution in [3.05, 3.63) is 64.6 Å². The molecule has 1 aromatic carbocycles. The minimum Gasteiger partial charge on any atom is -0.494 e. The van der Waals surface area contributed by atoms with E-state index in [1.807, 2.05) is 30.5 Å². The van der Waals surface area contributed by atoms with Gasteiger partial charge < -0.3 is 10.5 Å². The molecule has 9 heteroatoms. The van der Waals surface area contributed by atoms with Gasteiger partial charge in [0.1, 0.15) is 11.4 Å². The Balaban J connectivity index is 1.36. The summed E-state index contributed by atoms with van der Waals surface area (Å²) in [6.45, 7) is 0.716. The van der Waals surface area contributed by atoms with E-state index >= 15 is 0 Å². The summed E-state index contributed by atoms with van der Waals surface area (Å²) in [7, 11) is 0. The number of thiazole rings is 1. The van der Waals surface area contributed by atoms with Crippen molar-refractivity contribution >= 4 is 28.1 Å². The van der Waals surface area contributed by atoms with Gasteiger partial charge in [-0.3, -0.25) is 4.98 Å². The number of ether oxygens (including phenoxy) is 1. The van der Waals surface area contributed by atoms with Crippen LogP contribution < -0.4 is 10.5 Å². The molecule has 0 bridgehead atoms. The van der Waals surface area contributed by atoms with Crippen LogP contribution in [-0.4, -0.2) is 31.5 Å². The van der Waals surface area contributed by atoms with Crippen LogP contribution in [-0.2, 0) is 12.8 Å². The quantitative estimate of drug-likeness (QED) is 0.238. The van der Waals surface area contributed by atoms with Gasteiger partial charge in [-0.25, -0.2) is 19.9 Å². The maximum absolute atomic E-state index is 6.66. The zero-order chi connectivity index (χ0) is 25.5. The van der Waals surface area contributed by atoms with Crippen LogP contribution in [0.1, 0.15) is 55.5 Å². The Morgan fingerprint density at radius 3 is 2.65 bits per heavy atom. The van der Waals surface area contributed by atoms with Gasteiger partial charge in [-0.05, 0) is 55.9 Å². The third-order valence-electron chi connectivity index (χ3n) is 6.73. The van der Waals surface area contributed by atoms with Crippen LogP contribution in [0.2, 0.25) is 5.02 Å². The molecule has 37 heavy (non-hydrogen) atoms. The largest absolute Gasteiger partial charge is 0.494 e. The number of aromatic nitrogens is 5. The van der Waals surface area contributed by atoms with Gasteiger partial charge in [0.25, 0.3) is 0 Å². The fourth-order valence-electron chi connectivity index (χ4n) is 4.78. The lowest BCUT2D eigenvalue weighted by molar-refractivity contribution is 0.246. The maximum atomic E-state index is 6.66. The molecule has 1 saturated carbocycles. The minimum atomic E-state index is 0.530. The monoisotopic (exact) mass is 534 g/mol. The number of anilines is 1. The Morgan fingerprint density at radius 1 is 0.973 bits per heavy atom. The van der Waals surface area contributed by atoms with Gasteiger partial charge in [0.15, 0.2) is 11.0 Å². The van der Waals surface area contributed by atoms with E-state index in [1.165, 1.54) is 48.3 Å². The van der Waals surface area contributed by atoms with E-state index in [0.29, 0.717) is 28.3 Å². The number of benzene rings is 1. The number of nitrogens with zero attached hydrogens (tertiary/aromatic N) is 5. The molecule has 1 aliphatic rings. The van der Waals surface area contributed by atoms with E-state index in [-0.39, 0.29) is 0 Å². The highest BCUT2D eigenvalue weighted by Gasteiger charge is 2.15. The van der Waals surface area contributed by atoms with E-state index in [0.717, 1.165) is 54.3 Å². The number of hydrogen-bond acceptors (Lipinski definition) is 8. The molecular weight excluding hydrogens is 504 g/mol. The number of hydrogen-bond donors (Lipinski definition) is 1. The van der Waals surface area contributed by atoms with Crippen LogP contribution in [0, 0.1) is 5.92 Å². The van der Waals surface area contributed by atoms with Crippen molar-refractivity contribution in [2.75, 3.05) is 12.3 Å². The lowest BCUT2D eigenvalue weighted by Gasteiger charge is -2.21. The molecule has 1 aliphatic carbocycles. The number of halogens is 1. The lowest BCUT2D eigenvalue weighted by atomic mass is 9.87. The summed E-state index contributed by atoms with van der Waals surface area (Å²) in [6.07, 6.45) is 17.2. The number of nitrogen functional groups attached to an aromatic ring is 1. The van der Waals surface area contributed by atoms with Crippen molar-refractivity contribution < 1.29 is 4.74 Å². The molecule has 0 radical (unpaired) electrons. The van der Waals surface area contributed by atoms with Crippen LogP contribution in [0.25, 0.3) is 22.8 Å². The second-order valence-electron chi connectivity index (χ2n) is 9.46. The van der Waals surface area contributed by atoms with Crippen molar-refractivity contribution in [3.63, 3.8) is 0 Å². The lowest BCUT2D eigenvalue weighted by Crippen LogP contribution is -2.10. The highest BCUT2D eigenvalue weighted by molar-refractivity contribution is 7.15. The summed E-state index contributed by atoms with van der Waals surface area (Å²) < 4.78 is 6.15. The Labute approximate surface area is 226 Å². The van der Waals surface area contributed by atoms with Gasteiger partial charge in [0.2, 0.25) is 0 Å². The molecule has 7 nitrogen and oxygen atoms in total. The molecule has 0 unspecified atom stereocenters. The first-order valence-corrected chi connectivity index (χ1v) is 14.1. The second-order valence-corrected chi connectivity index (χ2v) is 11.0. The topological polar surface area (TPSA) is 99.7 Å². The van der Waals surface area contributed by atoms with Crippen molar-refractivity contribution in [2.45, 2.75) is 57.8 Å². The maximum Gasteiger partial charge on any atom is 0.180 e. The standard InChI is InChI=1S/C28H31ClN6OS/c29-24-10-9-21(36-14-11-19-5-2-1-3-6-19)16-23(24)25-15-20(7-4-8-22-17-33-28(30)37-22)34-27(35-25)26-18-31-12-13-32-26/h9-10,12-13,15-19H,1-8,11,14H2,(H2,30,33). The van der Waals surface area contributed by atoms with E-state index < -0.39 is 0 Å². The molecule has 5 rings (SSSR count). The Kier molecular flexibility index (Phi) is 8.58. The van der Waals surface area contributed by atoms with Gasteiger partial charge in [-0.15, -0.1) is 11.3 Å². The first-order valence-electron chi connectivity index (χ1n) is 12.9. The van der Waals surface area contributed by atoms with E-state index in [1.54, 1.807) is 18.6 Å². The summed E-state index contributed by atoms with van der Waals surface area (Å²) in [4.78, 5) is 23.5. The van der Waals surface area contributed by atoms with Crippen molar-refractivity contribution in [1.29, 1.82) is 0 Å². The predicted octanol–water partition coefficient (Wildman–Crippen LogP) is 6.82. The summed E-state index contributed by atoms with van der Waals surface area (Å²) >= 11 is 8.19. The molecule has 0 spiro atoms. The van der Waals surface area contributed by atoms with Crippen LogP contribution in [0.15, 0.2) is 49.1 Å². The highest BCUT2D eigenvalue weighted by atomic mass is 35.5. The molecule has 0 amide bonds. The number of nitrogens with two attached hydrogens (primary N) is 1. The molecular formula is C28H31ClN6OS. The predicted molar refractivity (Wildman–Crippen MR) is 149 cm³/mol. The number of aryl methyl sites for hydroxylation is 2. The Hall–Kier alpha value is -3.10. The Morgan fingerprint density at radius 2 is 1.86 bits per heavy atom. The SMILES string of the molecule is Nc1ncc(CCCc2cc(-c3cc(OCCC4CCCCC4)ccc3Cl)nc(-c3cnccn3)n2)s1. The van der Waals surface area contributed by atoms with Gasteiger partial charge in [0, 0.05) is 34.7 Å². The van der Waals surface area contributed by atoms with Gasteiger partial charge in [-0.1, -0.05) is 43.7 Å². The molecule has 0 saturated heterocycles. The third kappa shape index (κ3) is 7.02. The number of rotatable bonds is 10. The van der Waals surface area contributed by atoms with Crippen molar-refractivity contribution in [1.82, 2.24) is 24.9 Å². The molecule has 0 atom stereocenters. The molecule has 1 fully saturated rings. The van der Waals surface area contributed by atoms with Crippen LogP contribution >= 0.6 is 22.9 Å². The Bertz CT molecular complexity index is 1310. The minimum absolute atomic E-state index is 0.530. The summed E-state index contributed by atoms with van der Waals surface area (Å²) in [6, 6.07) is 7.80. The molecule has 192 valence electrons. The van der Waals surface area contributed by atoms with Crippen molar-refractivity contribution in [3.8, 4) is 28.5 Å². The van der Waals surface area contributed by atoms with Gasteiger partial charge in [-0.2, -0.15) is 0 Å². The smallest absolute Gasteiger partial charge is 0.180 e. The van der Waals surface area contributed by atoms with E-state index in [4.69, 9.17) is 32.0 Å². The van der Waals surface area contributed by atoms with E-state index in [9.17, 15) is 0 Å². The van der Waals surface area contributed by atoms with Crippen LogP contribution in [0.3, 0.4) is 0 Å². The first-order chi connectivity index (χ1) is 18.1. The first kappa shape index (κ1) is 25.5. The average molecular weight is 535 g/mol. The summed E-state index contributed by atoms with van der Waals surface area (Å²) in [5.74, 6) is 2.11. The zero-order valence-corrected chi connectivity index (χ0v) is 22.3. The van der Waals surface area contributed by atoms with Crippen LogP contribution in [0.4, 0.5) is 5.13 Å². The second kappa shape index (κ2) is 12.4. The van der Waals surface area contributed by atoms with Crippen LogP contribution in [0.5, 0.6) is 5.75 Å². The molecule has 3 heterocycles. The summed E-state index contributed by atoms with van der Waals surface area (Å²) in [5.41, 5.74) is 8.88. The molecule has 3 aromatic heterocycles. The summed E-state index contributed by atoms with van der Waals surface area (Å²) in [5, 5.41) is 1.22. The van der Waals surface area contributed by atoms with Crippen molar-refractivity contribution in [2.24, 2.45) is 5.92 Å². The average Bonchev–Trinajstić information content (AvgIpc) is 3.35.